The highest BCUT2D eigenvalue weighted by molar-refractivity contribution is 5.38. The van der Waals surface area contributed by atoms with Crippen molar-refractivity contribution in [1.29, 1.82) is 0 Å². The molecule has 0 fully saturated rings. The molecule has 3 rings (SSSR count). The van der Waals surface area contributed by atoms with Crippen LogP contribution in [0.3, 0.4) is 0 Å². The lowest BCUT2D eigenvalue weighted by atomic mass is 9.87. The molecule has 0 saturated heterocycles. The van der Waals surface area contributed by atoms with Gasteiger partial charge < -0.3 is 10.4 Å². The molecule has 0 spiro atoms. The molecule has 2 atom stereocenters. The van der Waals surface area contributed by atoms with E-state index in [0.717, 1.165) is 24.8 Å². The van der Waals surface area contributed by atoms with Gasteiger partial charge in [-0.05, 0) is 55.5 Å². The van der Waals surface area contributed by atoms with E-state index in [-0.39, 0.29) is 17.9 Å². The number of rotatable bonds is 3. The van der Waals surface area contributed by atoms with Gasteiger partial charge in [-0.15, -0.1) is 0 Å². The summed E-state index contributed by atoms with van der Waals surface area (Å²) < 4.78 is 13.9. The molecule has 0 heterocycles. The van der Waals surface area contributed by atoms with E-state index in [1.54, 1.807) is 12.1 Å². The van der Waals surface area contributed by atoms with E-state index in [2.05, 4.69) is 5.32 Å². The molecule has 0 radical (unpaired) electrons. The van der Waals surface area contributed by atoms with Gasteiger partial charge in [0.05, 0.1) is 0 Å². The Labute approximate surface area is 124 Å². The van der Waals surface area contributed by atoms with Gasteiger partial charge in [-0.3, -0.25) is 0 Å². The van der Waals surface area contributed by atoms with Crippen molar-refractivity contribution >= 4 is 0 Å². The fourth-order valence-electron chi connectivity index (χ4n) is 3.18. The van der Waals surface area contributed by atoms with Crippen LogP contribution < -0.4 is 5.32 Å². The molecule has 1 unspecified atom stereocenters. The minimum absolute atomic E-state index is 0.0653. The minimum Gasteiger partial charge on any atom is -0.508 e. The van der Waals surface area contributed by atoms with Gasteiger partial charge in [0.25, 0.3) is 0 Å². The molecular weight excluding hydrogens is 265 g/mol. The lowest BCUT2D eigenvalue weighted by Crippen LogP contribution is -2.28. The molecule has 2 N–H and O–H groups in total. The molecule has 2 nitrogen and oxygen atoms in total. The number of phenols is 1. The quantitative estimate of drug-likeness (QED) is 0.883. The highest BCUT2D eigenvalue weighted by Gasteiger charge is 2.23. The van der Waals surface area contributed by atoms with Crippen LogP contribution in [-0.2, 0) is 6.42 Å². The van der Waals surface area contributed by atoms with Crippen LogP contribution in [0.25, 0.3) is 0 Å². The summed E-state index contributed by atoms with van der Waals surface area (Å²) in [5.74, 6) is 0.116. The molecule has 2 aromatic carbocycles. The fourth-order valence-corrected chi connectivity index (χ4v) is 3.18. The zero-order chi connectivity index (χ0) is 14.8. The maximum atomic E-state index is 13.9. The lowest BCUT2D eigenvalue weighted by molar-refractivity contribution is 0.403. The Morgan fingerprint density at radius 3 is 2.86 bits per heavy atom. The zero-order valence-corrected chi connectivity index (χ0v) is 12.1. The maximum absolute atomic E-state index is 13.9. The monoisotopic (exact) mass is 285 g/mol. The second-order valence-electron chi connectivity index (χ2n) is 5.74. The highest BCUT2D eigenvalue weighted by atomic mass is 19.1. The smallest absolute Gasteiger partial charge is 0.127 e. The van der Waals surface area contributed by atoms with Crippen LogP contribution in [0.4, 0.5) is 4.39 Å². The third-order valence-electron chi connectivity index (χ3n) is 4.27. The third kappa shape index (κ3) is 2.93. The van der Waals surface area contributed by atoms with Gasteiger partial charge in [-0.25, -0.2) is 4.39 Å². The Bertz CT molecular complexity index is 641. The van der Waals surface area contributed by atoms with Crippen LogP contribution in [0.1, 0.15) is 48.5 Å². The van der Waals surface area contributed by atoms with Crippen molar-refractivity contribution in [1.82, 2.24) is 5.32 Å². The summed E-state index contributed by atoms with van der Waals surface area (Å²) in [5.41, 5.74) is 3.10. The summed E-state index contributed by atoms with van der Waals surface area (Å²) in [7, 11) is 0. The van der Waals surface area contributed by atoms with E-state index in [0.29, 0.717) is 11.3 Å². The Balaban J connectivity index is 1.83. The molecular formula is C18H20FNO. The van der Waals surface area contributed by atoms with Crippen molar-refractivity contribution < 1.29 is 9.50 Å². The van der Waals surface area contributed by atoms with E-state index in [9.17, 15) is 9.50 Å². The summed E-state index contributed by atoms with van der Waals surface area (Å²) in [6, 6.07) is 12.5. The van der Waals surface area contributed by atoms with Gasteiger partial charge in [0.15, 0.2) is 0 Å². The van der Waals surface area contributed by atoms with E-state index < -0.39 is 0 Å². The van der Waals surface area contributed by atoms with E-state index in [1.807, 2.05) is 31.2 Å². The Hall–Kier alpha value is -1.87. The van der Waals surface area contributed by atoms with Crippen LogP contribution in [-0.4, -0.2) is 5.11 Å². The summed E-state index contributed by atoms with van der Waals surface area (Å²) in [6.07, 6.45) is 3.16. The number of nitrogens with one attached hydrogen (secondary N) is 1. The Kier molecular flexibility index (Phi) is 3.93. The van der Waals surface area contributed by atoms with Crippen molar-refractivity contribution in [2.75, 3.05) is 0 Å². The number of aromatic hydroxyl groups is 1. The normalized spacial score (nSPS) is 19.0. The zero-order valence-electron chi connectivity index (χ0n) is 12.1. The van der Waals surface area contributed by atoms with Gasteiger partial charge in [0, 0.05) is 17.6 Å². The summed E-state index contributed by atoms with van der Waals surface area (Å²) in [6.45, 7) is 1.98. The first-order chi connectivity index (χ1) is 10.1. The largest absolute Gasteiger partial charge is 0.508 e. The highest BCUT2D eigenvalue weighted by Crippen LogP contribution is 2.34. The number of hydrogen-bond donors (Lipinski definition) is 2. The van der Waals surface area contributed by atoms with Gasteiger partial charge in [0.1, 0.15) is 11.6 Å². The van der Waals surface area contributed by atoms with E-state index >= 15 is 0 Å². The maximum Gasteiger partial charge on any atom is 0.127 e. The van der Waals surface area contributed by atoms with E-state index in [1.165, 1.54) is 11.6 Å². The average Bonchev–Trinajstić information content (AvgIpc) is 2.48. The van der Waals surface area contributed by atoms with Crippen LogP contribution in [0.5, 0.6) is 5.75 Å². The molecule has 21 heavy (non-hydrogen) atoms. The van der Waals surface area contributed by atoms with E-state index in [4.69, 9.17) is 0 Å². The molecule has 110 valence electrons. The molecule has 0 bridgehead atoms. The van der Waals surface area contributed by atoms with Gasteiger partial charge >= 0.3 is 0 Å². The first-order valence-electron chi connectivity index (χ1n) is 7.47. The predicted octanol–water partition coefficient (Wildman–Crippen LogP) is 4.26. The van der Waals surface area contributed by atoms with Gasteiger partial charge in [0.2, 0.25) is 0 Å². The summed E-state index contributed by atoms with van der Waals surface area (Å²) in [5, 5.41) is 13.2. The SMILES string of the molecule is C[C@@H](NC1CCCc2ccc(O)cc21)c1ccccc1F. The van der Waals surface area contributed by atoms with Gasteiger partial charge in [-0.2, -0.15) is 0 Å². The number of phenolic OH excluding ortho intramolecular Hbond substituents is 1. The second kappa shape index (κ2) is 5.86. The minimum atomic E-state index is -0.176. The fraction of sp³-hybridized carbons (Fsp3) is 0.333. The average molecular weight is 285 g/mol. The molecule has 2 aromatic rings. The first-order valence-corrected chi connectivity index (χ1v) is 7.47. The van der Waals surface area contributed by atoms with Crippen LogP contribution >= 0.6 is 0 Å². The predicted molar refractivity (Wildman–Crippen MR) is 81.7 cm³/mol. The van der Waals surface area contributed by atoms with Crippen LogP contribution in [0.15, 0.2) is 42.5 Å². The molecule has 0 saturated carbocycles. The summed E-state index contributed by atoms with van der Waals surface area (Å²) >= 11 is 0. The molecule has 1 aliphatic carbocycles. The van der Waals surface area contributed by atoms with Crippen molar-refractivity contribution in [3.05, 3.63) is 65.0 Å². The molecule has 0 aliphatic heterocycles. The van der Waals surface area contributed by atoms with Crippen LogP contribution in [0.2, 0.25) is 0 Å². The molecule has 0 amide bonds. The first kappa shape index (κ1) is 14.1. The van der Waals surface area contributed by atoms with Crippen molar-refractivity contribution in [2.24, 2.45) is 0 Å². The van der Waals surface area contributed by atoms with Crippen molar-refractivity contribution in [2.45, 2.75) is 38.3 Å². The molecule has 1 aliphatic rings. The van der Waals surface area contributed by atoms with Crippen molar-refractivity contribution in [3.8, 4) is 5.75 Å². The number of fused-ring (bicyclic) bond motifs is 1. The molecule has 0 aromatic heterocycles. The Morgan fingerprint density at radius 2 is 2.05 bits per heavy atom. The number of aryl methyl sites for hydroxylation is 1. The summed E-state index contributed by atoms with van der Waals surface area (Å²) in [4.78, 5) is 0. The Morgan fingerprint density at radius 1 is 1.24 bits per heavy atom. The van der Waals surface area contributed by atoms with Crippen LogP contribution in [0, 0.1) is 5.82 Å². The van der Waals surface area contributed by atoms with Crippen molar-refractivity contribution in [3.63, 3.8) is 0 Å². The van der Waals surface area contributed by atoms with Gasteiger partial charge in [-0.1, -0.05) is 24.3 Å². The number of hydrogen-bond acceptors (Lipinski definition) is 2. The number of halogens is 1. The lowest BCUT2D eigenvalue weighted by Gasteiger charge is -2.29. The second-order valence-corrected chi connectivity index (χ2v) is 5.74. The third-order valence-corrected chi connectivity index (χ3v) is 4.27. The standard InChI is InChI=1S/C18H20FNO/c1-12(15-6-2-3-7-17(15)19)20-18-8-4-5-13-9-10-14(21)11-16(13)18/h2-3,6-7,9-12,18,20-21H,4-5,8H2,1H3/t12-,18?/m1/s1. The topological polar surface area (TPSA) is 32.3 Å². The number of benzene rings is 2. The molecule has 3 heteroatoms.